The number of ether oxygens (including phenoxy) is 1. The summed E-state index contributed by atoms with van der Waals surface area (Å²) < 4.78 is 33.8. The maximum Gasteiger partial charge on any atom is 0.240 e. The van der Waals surface area contributed by atoms with E-state index in [2.05, 4.69) is 20.1 Å². The Labute approximate surface area is 168 Å². The molecular formula is C19H23N5O4S. The van der Waals surface area contributed by atoms with Gasteiger partial charge in [0.05, 0.1) is 23.4 Å². The number of aromatic nitrogens is 3. The molecule has 0 atom stereocenters. The van der Waals surface area contributed by atoms with Gasteiger partial charge >= 0.3 is 0 Å². The molecule has 3 aromatic rings. The standard InChI is InChI=1S/C19H23N5O4S/c25-10-9-21-29(26,27)16-3-1-14(2-4-16)17-13-20-19-6-5-18(23-24(17)19)22-15-7-11-28-12-8-15/h1-6,13,15,21,25H,7-12H2,(H,22,23). The molecule has 29 heavy (non-hydrogen) atoms. The molecule has 0 radical (unpaired) electrons. The Balaban J connectivity index is 1.59. The van der Waals surface area contributed by atoms with Crippen LogP contribution in [0.3, 0.4) is 0 Å². The van der Waals surface area contributed by atoms with Gasteiger partial charge in [0.25, 0.3) is 0 Å². The fourth-order valence-electron chi connectivity index (χ4n) is 3.27. The number of benzene rings is 1. The van der Waals surface area contributed by atoms with Crippen LogP contribution in [0.15, 0.2) is 47.5 Å². The number of nitrogens with zero attached hydrogens (tertiary/aromatic N) is 3. The first-order valence-electron chi connectivity index (χ1n) is 9.47. The highest BCUT2D eigenvalue weighted by atomic mass is 32.2. The van der Waals surface area contributed by atoms with Crippen LogP contribution in [0, 0.1) is 0 Å². The first kappa shape index (κ1) is 19.8. The van der Waals surface area contributed by atoms with Crippen molar-refractivity contribution in [3.63, 3.8) is 0 Å². The van der Waals surface area contributed by atoms with Crippen LogP contribution < -0.4 is 10.0 Å². The van der Waals surface area contributed by atoms with E-state index in [0.29, 0.717) is 11.7 Å². The predicted octanol–water partition coefficient (Wildman–Crippen LogP) is 1.26. The topological polar surface area (TPSA) is 118 Å². The summed E-state index contributed by atoms with van der Waals surface area (Å²) in [6, 6.07) is 10.6. The van der Waals surface area contributed by atoms with Crippen molar-refractivity contribution in [3.05, 3.63) is 42.6 Å². The molecule has 3 N–H and O–H groups in total. The smallest absolute Gasteiger partial charge is 0.240 e. The number of hydrogen-bond acceptors (Lipinski definition) is 7. The Morgan fingerprint density at radius 2 is 1.90 bits per heavy atom. The van der Waals surface area contributed by atoms with E-state index in [1.165, 1.54) is 12.1 Å². The number of hydrogen-bond donors (Lipinski definition) is 3. The molecule has 154 valence electrons. The van der Waals surface area contributed by atoms with Crippen molar-refractivity contribution >= 4 is 21.5 Å². The molecule has 1 aromatic carbocycles. The van der Waals surface area contributed by atoms with Gasteiger partial charge in [0.1, 0.15) is 5.82 Å². The minimum absolute atomic E-state index is 0.0237. The minimum atomic E-state index is -3.64. The third kappa shape index (κ3) is 4.40. The average molecular weight is 417 g/mol. The molecule has 1 saturated heterocycles. The second-order valence-electron chi connectivity index (χ2n) is 6.81. The Kier molecular flexibility index (Phi) is 5.76. The first-order chi connectivity index (χ1) is 14.1. The molecule has 2 aromatic heterocycles. The van der Waals surface area contributed by atoms with Gasteiger partial charge in [0.15, 0.2) is 5.65 Å². The summed E-state index contributed by atoms with van der Waals surface area (Å²) in [5.74, 6) is 0.760. The van der Waals surface area contributed by atoms with Crippen LogP contribution in [-0.2, 0) is 14.8 Å². The molecule has 4 rings (SSSR count). The number of anilines is 1. The lowest BCUT2D eigenvalue weighted by atomic mass is 10.1. The molecule has 0 amide bonds. The normalized spacial score (nSPS) is 15.6. The third-order valence-corrected chi connectivity index (χ3v) is 6.28. The summed E-state index contributed by atoms with van der Waals surface area (Å²) >= 11 is 0. The van der Waals surface area contributed by atoms with E-state index in [1.54, 1.807) is 22.8 Å². The van der Waals surface area contributed by atoms with Crippen molar-refractivity contribution < 1.29 is 18.3 Å². The number of fused-ring (bicyclic) bond motifs is 1. The van der Waals surface area contributed by atoms with Crippen LogP contribution in [0.4, 0.5) is 5.82 Å². The lowest BCUT2D eigenvalue weighted by Crippen LogP contribution is -2.28. The van der Waals surface area contributed by atoms with Crippen LogP contribution >= 0.6 is 0 Å². The predicted molar refractivity (Wildman–Crippen MR) is 108 cm³/mol. The van der Waals surface area contributed by atoms with Gasteiger partial charge in [0, 0.05) is 31.4 Å². The molecular weight excluding hydrogens is 394 g/mol. The van der Waals surface area contributed by atoms with Crippen molar-refractivity contribution in [2.24, 2.45) is 0 Å². The Hall–Kier alpha value is -2.53. The highest BCUT2D eigenvalue weighted by molar-refractivity contribution is 7.89. The van der Waals surface area contributed by atoms with Gasteiger partial charge < -0.3 is 15.2 Å². The minimum Gasteiger partial charge on any atom is -0.395 e. The second kappa shape index (κ2) is 8.46. The first-order valence-corrected chi connectivity index (χ1v) is 11.0. The number of aliphatic hydroxyl groups excluding tert-OH is 1. The average Bonchev–Trinajstić information content (AvgIpc) is 3.16. The van der Waals surface area contributed by atoms with Crippen molar-refractivity contribution in [1.82, 2.24) is 19.3 Å². The molecule has 10 heteroatoms. The molecule has 0 saturated carbocycles. The summed E-state index contributed by atoms with van der Waals surface area (Å²) in [4.78, 5) is 4.53. The molecule has 9 nitrogen and oxygen atoms in total. The van der Waals surface area contributed by atoms with Crippen molar-refractivity contribution in [1.29, 1.82) is 0 Å². The zero-order valence-corrected chi connectivity index (χ0v) is 16.6. The highest BCUT2D eigenvalue weighted by Crippen LogP contribution is 2.23. The molecule has 1 aliphatic heterocycles. The molecule has 0 unspecified atom stereocenters. The lowest BCUT2D eigenvalue weighted by molar-refractivity contribution is 0.0903. The highest BCUT2D eigenvalue weighted by Gasteiger charge is 2.16. The molecule has 0 spiro atoms. The number of aliphatic hydroxyl groups is 1. The van der Waals surface area contributed by atoms with E-state index in [4.69, 9.17) is 9.84 Å². The van der Waals surface area contributed by atoms with E-state index >= 15 is 0 Å². The van der Waals surface area contributed by atoms with E-state index < -0.39 is 10.0 Å². The van der Waals surface area contributed by atoms with Gasteiger partial charge in [-0.3, -0.25) is 0 Å². The fourth-order valence-corrected chi connectivity index (χ4v) is 4.29. The Morgan fingerprint density at radius 3 is 2.62 bits per heavy atom. The Morgan fingerprint density at radius 1 is 1.14 bits per heavy atom. The van der Waals surface area contributed by atoms with E-state index in [0.717, 1.165) is 43.1 Å². The third-order valence-electron chi connectivity index (χ3n) is 4.80. The van der Waals surface area contributed by atoms with Gasteiger partial charge in [-0.25, -0.2) is 22.6 Å². The van der Waals surface area contributed by atoms with Crippen LogP contribution in [0.25, 0.3) is 16.9 Å². The monoisotopic (exact) mass is 417 g/mol. The number of sulfonamides is 1. The summed E-state index contributed by atoms with van der Waals surface area (Å²) in [6.07, 6.45) is 3.60. The van der Waals surface area contributed by atoms with Gasteiger partial charge in [0.2, 0.25) is 10.0 Å². The largest absolute Gasteiger partial charge is 0.395 e. The molecule has 0 aliphatic carbocycles. The fraction of sp³-hybridized carbons (Fsp3) is 0.368. The van der Waals surface area contributed by atoms with E-state index in [-0.39, 0.29) is 18.0 Å². The Bertz CT molecular complexity index is 1080. The lowest BCUT2D eigenvalue weighted by Gasteiger charge is -2.23. The molecule has 1 fully saturated rings. The van der Waals surface area contributed by atoms with Gasteiger partial charge in [-0.05, 0) is 37.1 Å². The summed E-state index contributed by atoms with van der Waals surface area (Å²) in [5, 5.41) is 16.9. The zero-order chi connectivity index (χ0) is 20.3. The summed E-state index contributed by atoms with van der Waals surface area (Å²) in [6.45, 7) is 1.22. The van der Waals surface area contributed by atoms with Gasteiger partial charge in [-0.15, -0.1) is 5.10 Å². The SMILES string of the molecule is O=S(=O)(NCCO)c1ccc(-c2cnc3ccc(NC4CCOCC4)nn23)cc1. The second-order valence-corrected chi connectivity index (χ2v) is 8.58. The maximum atomic E-state index is 12.2. The molecule has 1 aliphatic rings. The molecule has 3 heterocycles. The van der Waals surface area contributed by atoms with Crippen LogP contribution in [-0.4, -0.2) is 60.5 Å². The number of nitrogens with one attached hydrogen (secondary N) is 2. The zero-order valence-electron chi connectivity index (χ0n) is 15.8. The number of imidazole rings is 1. The van der Waals surface area contributed by atoms with Gasteiger partial charge in [-0.2, -0.15) is 0 Å². The van der Waals surface area contributed by atoms with E-state index in [9.17, 15) is 8.42 Å². The molecule has 0 bridgehead atoms. The van der Waals surface area contributed by atoms with Crippen LogP contribution in [0.2, 0.25) is 0 Å². The number of rotatable bonds is 7. The van der Waals surface area contributed by atoms with Crippen molar-refractivity contribution in [2.45, 2.75) is 23.8 Å². The maximum absolute atomic E-state index is 12.2. The van der Waals surface area contributed by atoms with E-state index in [1.807, 2.05) is 12.1 Å². The van der Waals surface area contributed by atoms with Crippen molar-refractivity contribution in [2.75, 3.05) is 31.7 Å². The van der Waals surface area contributed by atoms with Gasteiger partial charge in [-0.1, -0.05) is 12.1 Å². The van der Waals surface area contributed by atoms with Crippen LogP contribution in [0.1, 0.15) is 12.8 Å². The summed E-state index contributed by atoms with van der Waals surface area (Å²) in [5.41, 5.74) is 2.27. The summed E-state index contributed by atoms with van der Waals surface area (Å²) in [7, 11) is -3.64. The quantitative estimate of drug-likeness (QED) is 0.530. The van der Waals surface area contributed by atoms with Crippen molar-refractivity contribution in [3.8, 4) is 11.3 Å². The van der Waals surface area contributed by atoms with Crippen LogP contribution in [0.5, 0.6) is 0 Å².